The van der Waals surface area contributed by atoms with Crippen molar-refractivity contribution in [2.75, 3.05) is 39.5 Å². The molecular formula is C28H37N3O4. The molecule has 188 valence electrons. The Kier molecular flexibility index (Phi) is 6.21. The maximum atomic E-state index is 13.4. The number of amides is 2. The number of rotatable bonds is 10. The third-order valence-corrected chi connectivity index (χ3v) is 9.00. The topological polar surface area (TPSA) is 79.9 Å². The number of carbonyl (C=O) groups excluding carboxylic acids is 2. The molecule has 2 N–H and O–H groups in total. The van der Waals surface area contributed by atoms with E-state index in [9.17, 15) is 9.59 Å². The monoisotopic (exact) mass is 479 g/mol. The zero-order chi connectivity index (χ0) is 23.8. The Labute approximate surface area is 207 Å². The minimum Gasteiger partial charge on any atom is -0.454 e. The number of allylic oxidation sites excluding steroid dienone is 2. The molecule has 1 aromatic rings. The van der Waals surface area contributed by atoms with Crippen LogP contribution in [0.5, 0.6) is 11.5 Å². The highest BCUT2D eigenvalue weighted by molar-refractivity contribution is 5.90. The van der Waals surface area contributed by atoms with Crippen molar-refractivity contribution in [3.05, 3.63) is 35.9 Å². The van der Waals surface area contributed by atoms with Gasteiger partial charge >= 0.3 is 0 Å². The van der Waals surface area contributed by atoms with Gasteiger partial charge in [-0.3, -0.25) is 9.59 Å². The lowest BCUT2D eigenvalue weighted by Crippen LogP contribution is -2.44. The summed E-state index contributed by atoms with van der Waals surface area (Å²) < 4.78 is 10.8. The molecular weight excluding hydrogens is 442 g/mol. The second-order valence-corrected chi connectivity index (χ2v) is 11.0. The molecule has 7 heteroatoms. The van der Waals surface area contributed by atoms with E-state index in [4.69, 9.17) is 9.47 Å². The highest BCUT2D eigenvalue weighted by atomic mass is 16.7. The van der Waals surface area contributed by atoms with Crippen molar-refractivity contribution < 1.29 is 19.1 Å². The number of fused-ring (bicyclic) bond motifs is 1. The van der Waals surface area contributed by atoms with Crippen molar-refractivity contribution in [3.63, 3.8) is 0 Å². The van der Waals surface area contributed by atoms with Gasteiger partial charge in [0.1, 0.15) is 0 Å². The third-order valence-electron chi connectivity index (χ3n) is 9.00. The van der Waals surface area contributed by atoms with E-state index in [2.05, 4.69) is 27.7 Å². The summed E-state index contributed by atoms with van der Waals surface area (Å²) in [5.74, 6) is 1.55. The van der Waals surface area contributed by atoms with Crippen LogP contribution in [0.25, 0.3) is 0 Å². The fourth-order valence-electron chi connectivity index (χ4n) is 7.05. The molecule has 0 aromatic heterocycles. The molecule has 2 saturated carbocycles. The molecule has 7 nitrogen and oxygen atoms in total. The summed E-state index contributed by atoms with van der Waals surface area (Å²) in [6.45, 7) is 5.08. The fourth-order valence-corrected chi connectivity index (χ4v) is 7.05. The van der Waals surface area contributed by atoms with Gasteiger partial charge in [-0.2, -0.15) is 0 Å². The van der Waals surface area contributed by atoms with E-state index in [0.29, 0.717) is 13.1 Å². The summed E-state index contributed by atoms with van der Waals surface area (Å²) in [5, 5.41) is 6.35. The average molecular weight is 480 g/mol. The highest BCUT2D eigenvalue weighted by Crippen LogP contribution is 2.72. The lowest BCUT2D eigenvalue weighted by molar-refractivity contribution is -0.135. The number of nitrogens with zero attached hydrogens (tertiary/aromatic N) is 1. The van der Waals surface area contributed by atoms with Gasteiger partial charge in [-0.1, -0.05) is 18.2 Å². The minimum absolute atomic E-state index is 0.0306. The molecule has 1 saturated heterocycles. The van der Waals surface area contributed by atoms with Gasteiger partial charge in [-0.15, -0.1) is 0 Å². The maximum absolute atomic E-state index is 13.4. The van der Waals surface area contributed by atoms with Gasteiger partial charge in [0, 0.05) is 13.1 Å². The molecule has 2 amide bonds. The molecule has 2 heterocycles. The van der Waals surface area contributed by atoms with Gasteiger partial charge in [0.05, 0.1) is 11.8 Å². The van der Waals surface area contributed by atoms with E-state index in [1.165, 1.54) is 25.9 Å². The Bertz CT molecular complexity index is 998. The predicted molar refractivity (Wildman–Crippen MR) is 132 cm³/mol. The van der Waals surface area contributed by atoms with Gasteiger partial charge < -0.3 is 25.0 Å². The maximum Gasteiger partial charge on any atom is 0.231 e. The summed E-state index contributed by atoms with van der Waals surface area (Å²) in [5.41, 5.74) is 1.26. The SMILES string of the molecule is O=C(NCCCCN1CCCC1)[C@H]1[C@H](C(=O)NCCc2ccc3c(c2)OCO3)[C@@H]2C=C[C@H]1C21CC1. The first-order valence-corrected chi connectivity index (χ1v) is 13.5. The van der Waals surface area contributed by atoms with Crippen LogP contribution in [0.2, 0.25) is 0 Å². The third kappa shape index (κ3) is 4.32. The van der Waals surface area contributed by atoms with Gasteiger partial charge in [0.2, 0.25) is 18.6 Å². The van der Waals surface area contributed by atoms with Crippen LogP contribution in [-0.4, -0.2) is 56.2 Å². The number of carbonyl (C=O) groups is 2. The minimum atomic E-state index is -0.256. The average Bonchev–Trinajstić information content (AvgIpc) is 3.19. The van der Waals surface area contributed by atoms with Crippen molar-refractivity contribution >= 4 is 11.8 Å². The smallest absolute Gasteiger partial charge is 0.231 e. The van der Waals surface area contributed by atoms with E-state index >= 15 is 0 Å². The predicted octanol–water partition coefficient (Wildman–Crippen LogP) is 2.89. The Morgan fingerprint density at radius 1 is 0.914 bits per heavy atom. The quantitative estimate of drug-likeness (QED) is 0.399. The lowest BCUT2D eigenvalue weighted by atomic mass is 9.81. The standard InChI is InChI=1S/C28H37N3O4/c32-26(29-12-1-2-14-31-15-3-4-16-31)24-20-6-7-21(28(20)10-11-28)25(24)27(33)30-13-9-19-5-8-22-23(17-19)35-18-34-22/h5-8,17,20-21,24-25H,1-4,9-16,18H2,(H,29,32)(H,30,33)/t20-,21+,24-,25-/m1/s1. The van der Waals surface area contributed by atoms with Crippen molar-refractivity contribution in [2.24, 2.45) is 29.1 Å². The van der Waals surface area contributed by atoms with Crippen LogP contribution in [0.3, 0.4) is 0 Å². The molecule has 6 rings (SSSR count). The van der Waals surface area contributed by atoms with Crippen molar-refractivity contribution in [1.29, 1.82) is 0 Å². The molecule has 1 aromatic carbocycles. The summed E-state index contributed by atoms with van der Waals surface area (Å²) in [4.78, 5) is 29.2. The van der Waals surface area contributed by atoms with Crippen LogP contribution in [0.4, 0.5) is 0 Å². The molecule has 3 fully saturated rings. The first kappa shape index (κ1) is 22.9. The lowest BCUT2D eigenvalue weighted by Gasteiger charge is -2.26. The molecule has 5 aliphatic rings. The number of hydrogen-bond donors (Lipinski definition) is 2. The van der Waals surface area contributed by atoms with Crippen LogP contribution in [-0.2, 0) is 16.0 Å². The second-order valence-electron chi connectivity index (χ2n) is 11.0. The number of benzene rings is 1. The number of hydrogen-bond acceptors (Lipinski definition) is 5. The molecule has 3 aliphatic carbocycles. The van der Waals surface area contributed by atoms with Gasteiger partial charge in [0.25, 0.3) is 0 Å². The van der Waals surface area contributed by atoms with Crippen LogP contribution in [0.1, 0.15) is 44.1 Å². The molecule has 0 radical (unpaired) electrons. The largest absolute Gasteiger partial charge is 0.454 e. The van der Waals surface area contributed by atoms with Crippen molar-refractivity contribution in [1.82, 2.24) is 15.5 Å². The zero-order valence-corrected chi connectivity index (χ0v) is 20.5. The van der Waals surface area contributed by atoms with Crippen LogP contribution in [0, 0.1) is 29.1 Å². The van der Waals surface area contributed by atoms with E-state index in [-0.39, 0.29) is 47.7 Å². The zero-order valence-electron chi connectivity index (χ0n) is 20.5. The van der Waals surface area contributed by atoms with Gasteiger partial charge in [-0.25, -0.2) is 0 Å². The van der Waals surface area contributed by atoms with E-state index in [1.807, 2.05) is 18.2 Å². The van der Waals surface area contributed by atoms with Crippen LogP contribution >= 0.6 is 0 Å². The van der Waals surface area contributed by atoms with E-state index < -0.39 is 0 Å². The fraction of sp³-hybridized carbons (Fsp3) is 0.643. The number of likely N-dealkylation sites (tertiary alicyclic amines) is 1. The molecule has 2 bridgehead atoms. The second kappa shape index (κ2) is 9.49. The highest BCUT2D eigenvalue weighted by Gasteiger charge is 2.69. The number of nitrogens with one attached hydrogen (secondary N) is 2. The number of ether oxygens (including phenoxy) is 2. The Hall–Kier alpha value is -2.54. The Balaban J connectivity index is 1.03. The Morgan fingerprint density at radius 3 is 2.31 bits per heavy atom. The van der Waals surface area contributed by atoms with Gasteiger partial charge in [-0.05, 0) is 99.5 Å². The van der Waals surface area contributed by atoms with Crippen molar-refractivity contribution in [2.45, 2.75) is 44.9 Å². The van der Waals surface area contributed by atoms with E-state index in [0.717, 1.165) is 55.7 Å². The Morgan fingerprint density at radius 2 is 1.60 bits per heavy atom. The van der Waals surface area contributed by atoms with Crippen LogP contribution < -0.4 is 20.1 Å². The van der Waals surface area contributed by atoms with Crippen molar-refractivity contribution in [3.8, 4) is 11.5 Å². The summed E-state index contributed by atoms with van der Waals surface area (Å²) in [6, 6.07) is 5.91. The first-order valence-electron chi connectivity index (χ1n) is 13.5. The van der Waals surface area contributed by atoms with Gasteiger partial charge in [0.15, 0.2) is 11.5 Å². The molecule has 4 atom stereocenters. The molecule has 35 heavy (non-hydrogen) atoms. The first-order chi connectivity index (χ1) is 17.2. The normalized spacial score (nSPS) is 29.1. The summed E-state index contributed by atoms with van der Waals surface area (Å²) in [6.07, 6.45) is 12.2. The van der Waals surface area contributed by atoms with Crippen LogP contribution in [0.15, 0.2) is 30.4 Å². The molecule has 2 aliphatic heterocycles. The van der Waals surface area contributed by atoms with E-state index in [1.54, 1.807) is 0 Å². The summed E-state index contributed by atoms with van der Waals surface area (Å²) in [7, 11) is 0. The molecule has 0 unspecified atom stereocenters. The molecule has 1 spiro atoms. The number of unbranched alkanes of at least 4 members (excludes halogenated alkanes) is 1. The summed E-state index contributed by atoms with van der Waals surface area (Å²) >= 11 is 0.